The van der Waals surface area contributed by atoms with Crippen molar-refractivity contribution in [3.8, 4) is 0 Å². The summed E-state index contributed by atoms with van der Waals surface area (Å²) in [6, 6.07) is 6.07. The molecule has 1 aliphatic rings. The Hall–Kier alpha value is -1.59. The van der Waals surface area contributed by atoms with E-state index < -0.39 is 0 Å². The molecule has 0 radical (unpaired) electrons. The molecule has 1 saturated heterocycles. The molecule has 0 amide bonds. The topological polar surface area (TPSA) is 34.0 Å². The van der Waals surface area contributed by atoms with Crippen LogP contribution in [0.3, 0.4) is 0 Å². The minimum atomic E-state index is 0.523. The Kier molecular flexibility index (Phi) is 3.77. The van der Waals surface area contributed by atoms with Gasteiger partial charge in [-0.1, -0.05) is 27.5 Å². The molecule has 1 atom stereocenters. The lowest BCUT2D eigenvalue weighted by Gasteiger charge is -2.20. The van der Waals surface area contributed by atoms with Crippen LogP contribution in [0.25, 0.3) is 10.9 Å². The summed E-state index contributed by atoms with van der Waals surface area (Å²) in [5, 5.41) is 6.07. The number of hydrogen-bond acceptors (Lipinski definition) is 3. The van der Waals surface area contributed by atoms with Gasteiger partial charge in [-0.15, -0.1) is 0 Å². The number of rotatable bonds is 2. The zero-order valence-electron chi connectivity index (χ0n) is 12.7. The first-order chi connectivity index (χ1) is 11.1. The number of halogens is 2. The van der Waals surface area contributed by atoms with Crippen LogP contribution in [0.5, 0.6) is 0 Å². The Morgan fingerprint density at radius 2 is 2.22 bits per heavy atom. The molecule has 23 heavy (non-hydrogen) atoms. The molecule has 1 aromatic carbocycles. The summed E-state index contributed by atoms with van der Waals surface area (Å²) in [4.78, 5) is 6.86. The van der Waals surface area contributed by atoms with Gasteiger partial charge in [0.15, 0.2) is 0 Å². The lowest BCUT2D eigenvalue weighted by molar-refractivity contribution is 0.754. The predicted octanol–water partition coefficient (Wildman–Crippen LogP) is 4.38. The van der Waals surface area contributed by atoms with Crippen molar-refractivity contribution in [2.24, 2.45) is 7.05 Å². The van der Waals surface area contributed by atoms with Crippen molar-refractivity contribution in [1.29, 1.82) is 0 Å². The standard InChI is InChI=1S/C17H16BrClN4/c1-22-9-12(8-21-22)11-3-5-23(10-11)16-2-4-20-17-14(16)6-13(18)7-15(17)19/h2,4,6-9,11H,3,5,10H2,1H3. The highest BCUT2D eigenvalue weighted by Gasteiger charge is 2.26. The second-order valence-corrected chi connectivity index (χ2v) is 7.32. The molecular formula is C17H16BrClN4. The third-order valence-corrected chi connectivity index (χ3v) is 5.21. The number of pyridine rings is 1. The predicted molar refractivity (Wildman–Crippen MR) is 97.2 cm³/mol. The summed E-state index contributed by atoms with van der Waals surface area (Å²) in [5.41, 5.74) is 3.37. The first kappa shape index (κ1) is 15.0. The summed E-state index contributed by atoms with van der Waals surface area (Å²) in [5.74, 6) is 0.523. The van der Waals surface area contributed by atoms with Crippen molar-refractivity contribution >= 4 is 44.1 Å². The van der Waals surface area contributed by atoms with Crippen LogP contribution in [0, 0.1) is 0 Å². The van der Waals surface area contributed by atoms with Gasteiger partial charge in [0, 0.05) is 54.0 Å². The van der Waals surface area contributed by atoms with E-state index in [1.807, 2.05) is 30.2 Å². The van der Waals surface area contributed by atoms with Crippen LogP contribution < -0.4 is 4.90 Å². The number of nitrogens with zero attached hydrogens (tertiary/aromatic N) is 4. The number of aromatic nitrogens is 3. The molecule has 1 unspecified atom stereocenters. The molecule has 1 aliphatic heterocycles. The molecule has 1 fully saturated rings. The Bertz CT molecular complexity index is 876. The van der Waals surface area contributed by atoms with Crippen LogP contribution in [-0.4, -0.2) is 27.9 Å². The summed E-state index contributed by atoms with van der Waals surface area (Å²) < 4.78 is 2.85. The minimum Gasteiger partial charge on any atom is -0.370 e. The second kappa shape index (κ2) is 5.80. The van der Waals surface area contributed by atoms with Crippen LogP contribution in [0.1, 0.15) is 17.9 Å². The van der Waals surface area contributed by atoms with Crippen molar-refractivity contribution in [3.05, 3.63) is 51.8 Å². The van der Waals surface area contributed by atoms with Gasteiger partial charge in [0.1, 0.15) is 0 Å². The monoisotopic (exact) mass is 390 g/mol. The van der Waals surface area contributed by atoms with Gasteiger partial charge in [0.05, 0.1) is 16.7 Å². The molecule has 4 nitrogen and oxygen atoms in total. The molecule has 4 rings (SSSR count). The zero-order chi connectivity index (χ0) is 16.0. The summed E-state index contributed by atoms with van der Waals surface area (Å²) in [6.45, 7) is 2.03. The van der Waals surface area contributed by atoms with Crippen molar-refractivity contribution in [1.82, 2.24) is 14.8 Å². The summed E-state index contributed by atoms with van der Waals surface area (Å²) >= 11 is 9.88. The van der Waals surface area contributed by atoms with E-state index in [-0.39, 0.29) is 0 Å². The zero-order valence-corrected chi connectivity index (χ0v) is 15.0. The smallest absolute Gasteiger partial charge is 0.0909 e. The fourth-order valence-corrected chi connectivity index (χ4v) is 4.20. The largest absolute Gasteiger partial charge is 0.370 e. The molecule has 6 heteroatoms. The maximum Gasteiger partial charge on any atom is 0.0909 e. The third kappa shape index (κ3) is 2.72. The third-order valence-electron chi connectivity index (χ3n) is 4.47. The molecule has 2 aromatic heterocycles. The van der Waals surface area contributed by atoms with Gasteiger partial charge >= 0.3 is 0 Å². The van der Waals surface area contributed by atoms with Crippen molar-refractivity contribution in [3.63, 3.8) is 0 Å². The Morgan fingerprint density at radius 1 is 1.35 bits per heavy atom. The van der Waals surface area contributed by atoms with E-state index in [1.165, 1.54) is 11.3 Å². The quantitative estimate of drug-likeness (QED) is 0.650. The van der Waals surface area contributed by atoms with Crippen LogP contribution in [0.4, 0.5) is 5.69 Å². The Balaban J connectivity index is 1.70. The highest BCUT2D eigenvalue weighted by Crippen LogP contribution is 2.37. The lowest BCUT2D eigenvalue weighted by Crippen LogP contribution is -2.19. The molecule has 0 bridgehead atoms. The number of hydrogen-bond donors (Lipinski definition) is 0. The summed E-state index contributed by atoms with van der Waals surface area (Å²) in [7, 11) is 1.96. The number of fused-ring (bicyclic) bond motifs is 1. The Labute approximate surface area is 148 Å². The van der Waals surface area contributed by atoms with Gasteiger partial charge in [-0.25, -0.2) is 0 Å². The number of benzene rings is 1. The van der Waals surface area contributed by atoms with E-state index in [0.717, 1.165) is 34.9 Å². The maximum atomic E-state index is 6.35. The van der Waals surface area contributed by atoms with E-state index >= 15 is 0 Å². The molecule has 0 aliphatic carbocycles. The van der Waals surface area contributed by atoms with Crippen LogP contribution in [-0.2, 0) is 7.05 Å². The van der Waals surface area contributed by atoms with Crippen molar-refractivity contribution < 1.29 is 0 Å². The van der Waals surface area contributed by atoms with E-state index in [0.29, 0.717) is 10.9 Å². The van der Waals surface area contributed by atoms with Gasteiger partial charge in [-0.3, -0.25) is 9.67 Å². The first-order valence-electron chi connectivity index (χ1n) is 7.59. The molecule has 0 saturated carbocycles. The number of aryl methyl sites for hydroxylation is 1. The van der Waals surface area contributed by atoms with E-state index in [4.69, 9.17) is 11.6 Å². The highest BCUT2D eigenvalue weighted by atomic mass is 79.9. The van der Waals surface area contributed by atoms with Crippen LogP contribution in [0.2, 0.25) is 5.02 Å². The normalized spacial score (nSPS) is 18.0. The molecule has 0 N–H and O–H groups in total. The SMILES string of the molecule is Cn1cc(C2CCN(c3ccnc4c(Cl)cc(Br)cc34)C2)cn1. The van der Waals surface area contributed by atoms with E-state index in [1.54, 1.807) is 0 Å². The van der Waals surface area contributed by atoms with E-state index in [9.17, 15) is 0 Å². The summed E-state index contributed by atoms with van der Waals surface area (Å²) in [6.07, 6.45) is 7.07. The first-order valence-corrected chi connectivity index (χ1v) is 8.76. The number of anilines is 1. The van der Waals surface area contributed by atoms with Gasteiger partial charge < -0.3 is 4.90 Å². The highest BCUT2D eigenvalue weighted by molar-refractivity contribution is 9.10. The van der Waals surface area contributed by atoms with Gasteiger partial charge in [0.25, 0.3) is 0 Å². The van der Waals surface area contributed by atoms with E-state index in [2.05, 4.69) is 49.2 Å². The van der Waals surface area contributed by atoms with Gasteiger partial charge in [-0.05, 0) is 30.2 Å². The van der Waals surface area contributed by atoms with Crippen LogP contribution >= 0.6 is 27.5 Å². The van der Waals surface area contributed by atoms with Crippen molar-refractivity contribution in [2.75, 3.05) is 18.0 Å². The average Bonchev–Trinajstić information content (AvgIpc) is 3.15. The molecule has 3 heterocycles. The minimum absolute atomic E-state index is 0.523. The fraction of sp³-hybridized carbons (Fsp3) is 0.294. The van der Waals surface area contributed by atoms with Crippen molar-refractivity contribution in [2.45, 2.75) is 12.3 Å². The van der Waals surface area contributed by atoms with Gasteiger partial charge in [0.2, 0.25) is 0 Å². The molecule has 118 valence electrons. The Morgan fingerprint density at radius 3 is 3.00 bits per heavy atom. The fourth-order valence-electron chi connectivity index (χ4n) is 3.34. The average molecular weight is 392 g/mol. The lowest BCUT2D eigenvalue weighted by atomic mass is 10.0. The molecular weight excluding hydrogens is 376 g/mol. The molecule has 0 spiro atoms. The maximum absolute atomic E-state index is 6.35. The second-order valence-electron chi connectivity index (χ2n) is 5.99. The van der Waals surface area contributed by atoms with Crippen LogP contribution in [0.15, 0.2) is 41.3 Å². The molecule has 3 aromatic rings. The van der Waals surface area contributed by atoms with Gasteiger partial charge in [-0.2, -0.15) is 5.10 Å².